The first-order valence-electron chi connectivity index (χ1n) is 6.99. The normalized spacial score (nSPS) is 9.57. The Morgan fingerprint density at radius 1 is 1.33 bits per heavy atom. The van der Waals surface area contributed by atoms with Crippen LogP contribution in [0.2, 0.25) is 0 Å². The van der Waals surface area contributed by atoms with Gasteiger partial charge in [-0.3, -0.25) is 4.79 Å². The van der Waals surface area contributed by atoms with E-state index < -0.39 is 0 Å². The van der Waals surface area contributed by atoms with Gasteiger partial charge in [-0.1, -0.05) is 32.4 Å². The van der Waals surface area contributed by atoms with Gasteiger partial charge in [-0.15, -0.1) is 0 Å². The second-order valence-electron chi connectivity index (χ2n) is 4.77. The monoisotopic (exact) mass is 289 g/mol. The summed E-state index contributed by atoms with van der Waals surface area (Å²) in [5, 5.41) is 2.82. The van der Waals surface area contributed by atoms with Crippen LogP contribution >= 0.6 is 0 Å². The fourth-order valence-electron chi connectivity index (χ4n) is 1.59. The van der Waals surface area contributed by atoms with Gasteiger partial charge in [-0.2, -0.15) is 0 Å². The van der Waals surface area contributed by atoms with Crippen LogP contribution in [-0.4, -0.2) is 36.9 Å². The van der Waals surface area contributed by atoms with Crippen LogP contribution < -0.4 is 5.32 Å². The van der Waals surface area contributed by atoms with Crippen LogP contribution in [0.4, 0.5) is 6.01 Å². The highest BCUT2D eigenvalue weighted by Gasteiger charge is 2.11. The number of benzene rings is 1. The molecule has 5 nitrogen and oxygen atoms in total. The molecule has 1 aromatic heterocycles. The molecule has 0 aliphatic heterocycles. The predicted molar refractivity (Wildman–Crippen MR) is 85.5 cm³/mol. The Balaban J connectivity index is 0.000000677. The Morgan fingerprint density at radius 2 is 2.00 bits per heavy atom. The van der Waals surface area contributed by atoms with Crippen molar-refractivity contribution < 1.29 is 9.21 Å². The maximum Gasteiger partial charge on any atom is 0.294 e. The van der Waals surface area contributed by atoms with E-state index in [-0.39, 0.29) is 5.91 Å². The highest BCUT2D eigenvalue weighted by Crippen LogP contribution is 2.23. The van der Waals surface area contributed by atoms with Crippen LogP contribution in [0.15, 0.2) is 34.9 Å². The van der Waals surface area contributed by atoms with Crippen molar-refractivity contribution >= 4 is 11.9 Å². The van der Waals surface area contributed by atoms with E-state index in [1.54, 1.807) is 44.4 Å². The summed E-state index contributed by atoms with van der Waals surface area (Å²) in [7, 11) is 5.19. The molecule has 0 bridgehead atoms. The molecule has 0 saturated carbocycles. The lowest BCUT2D eigenvalue weighted by atomic mass is 10.1. The average molecular weight is 289 g/mol. The molecule has 0 aliphatic rings. The van der Waals surface area contributed by atoms with Gasteiger partial charge in [0, 0.05) is 32.3 Å². The van der Waals surface area contributed by atoms with E-state index in [1.165, 1.54) is 6.42 Å². The van der Waals surface area contributed by atoms with Crippen LogP contribution in [0.3, 0.4) is 0 Å². The summed E-state index contributed by atoms with van der Waals surface area (Å²) in [4.78, 5) is 17.4. The fourth-order valence-corrected chi connectivity index (χ4v) is 1.59. The number of hydrogen-bond acceptors (Lipinski definition) is 4. The molecule has 0 aliphatic carbocycles. The fraction of sp³-hybridized carbons (Fsp3) is 0.375. The van der Waals surface area contributed by atoms with Gasteiger partial charge in [-0.25, -0.2) is 4.98 Å². The SMILES string of the molecule is CCC.CNc1ncc(-c2cccc(C(=O)N(C)C)c2)o1. The van der Waals surface area contributed by atoms with Gasteiger partial charge in [0.1, 0.15) is 0 Å². The summed E-state index contributed by atoms with van der Waals surface area (Å²) in [6.45, 7) is 4.25. The minimum Gasteiger partial charge on any atom is -0.424 e. The lowest BCUT2D eigenvalue weighted by Gasteiger charge is -2.10. The number of aromatic nitrogens is 1. The summed E-state index contributed by atoms with van der Waals surface area (Å²) >= 11 is 0. The van der Waals surface area contributed by atoms with Crippen molar-refractivity contribution in [3.05, 3.63) is 36.0 Å². The predicted octanol–water partition coefficient (Wildman–Crippen LogP) is 3.50. The van der Waals surface area contributed by atoms with Gasteiger partial charge in [0.2, 0.25) is 0 Å². The molecule has 0 unspecified atom stereocenters. The molecule has 2 rings (SSSR count). The Hall–Kier alpha value is -2.30. The summed E-state index contributed by atoms with van der Waals surface area (Å²) in [5.74, 6) is 0.595. The van der Waals surface area contributed by atoms with E-state index in [1.807, 2.05) is 12.1 Å². The zero-order valence-electron chi connectivity index (χ0n) is 13.3. The zero-order valence-corrected chi connectivity index (χ0v) is 13.3. The molecule has 0 radical (unpaired) electrons. The summed E-state index contributed by atoms with van der Waals surface area (Å²) < 4.78 is 5.47. The van der Waals surface area contributed by atoms with Crippen molar-refractivity contribution in [2.24, 2.45) is 0 Å². The first-order chi connectivity index (χ1) is 10.0. The molecule has 1 heterocycles. The van der Waals surface area contributed by atoms with Gasteiger partial charge < -0.3 is 14.6 Å². The molecule has 5 heteroatoms. The van der Waals surface area contributed by atoms with Gasteiger partial charge in [0.25, 0.3) is 11.9 Å². The molecule has 0 atom stereocenters. The number of carbonyl (C=O) groups excluding carboxylic acids is 1. The van der Waals surface area contributed by atoms with Gasteiger partial charge >= 0.3 is 0 Å². The topological polar surface area (TPSA) is 58.4 Å². The number of nitrogens with zero attached hydrogens (tertiary/aromatic N) is 2. The van der Waals surface area contributed by atoms with Crippen LogP contribution in [0.1, 0.15) is 30.6 Å². The minimum absolute atomic E-state index is 0.0368. The average Bonchev–Trinajstić information content (AvgIpc) is 2.96. The van der Waals surface area contributed by atoms with Gasteiger partial charge in [0.15, 0.2) is 5.76 Å². The summed E-state index contributed by atoms with van der Waals surface area (Å²) in [5.41, 5.74) is 1.46. The molecule has 0 fully saturated rings. The highest BCUT2D eigenvalue weighted by molar-refractivity contribution is 5.94. The van der Waals surface area contributed by atoms with Crippen LogP contribution in [0.25, 0.3) is 11.3 Å². The molecule has 0 saturated heterocycles. The number of carbonyl (C=O) groups is 1. The molecular weight excluding hydrogens is 266 g/mol. The Bertz CT molecular complexity index is 576. The van der Waals surface area contributed by atoms with E-state index in [0.717, 1.165) is 5.56 Å². The van der Waals surface area contributed by atoms with Crippen molar-refractivity contribution in [1.29, 1.82) is 0 Å². The van der Waals surface area contributed by atoms with Crippen molar-refractivity contribution in [1.82, 2.24) is 9.88 Å². The third-order valence-electron chi connectivity index (χ3n) is 2.52. The smallest absolute Gasteiger partial charge is 0.294 e. The minimum atomic E-state index is -0.0368. The molecule has 1 N–H and O–H groups in total. The molecule has 0 spiro atoms. The first-order valence-corrected chi connectivity index (χ1v) is 6.99. The van der Waals surface area contributed by atoms with E-state index in [4.69, 9.17) is 4.42 Å². The number of nitrogens with one attached hydrogen (secondary N) is 1. The largest absolute Gasteiger partial charge is 0.424 e. The van der Waals surface area contributed by atoms with E-state index in [0.29, 0.717) is 17.3 Å². The molecular formula is C16H23N3O2. The molecule has 1 amide bonds. The first kappa shape index (κ1) is 16.8. The standard InChI is InChI=1S/C13H15N3O2.C3H8/c1-14-13-15-8-11(18-13)9-5-4-6-10(7-9)12(17)16(2)3;1-3-2/h4-8H,1-3H3,(H,14,15);3H2,1-2H3. The second-order valence-corrected chi connectivity index (χ2v) is 4.77. The third kappa shape index (κ3) is 4.63. The number of anilines is 1. The van der Waals surface area contributed by atoms with Crippen molar-refractivity contribution in [3.8, 4) is 11.3 Å². The van der Waals surface area contributed by atoms with E-state index in [2.05, 4.69) is 24.1 Å². The maximum atomic E-state index is 11.9. The number of hydrogen-bond donors (Lipinski definition) is 1. The molecule has 21 heavy (non-hydrogen) atoms. The van der Waals surface area contributed by atoms with Crippen molar-refractivity contribution in [2.45, 2.75) is 20.3 Å². The van der Waals surface area contributed by atoms with Crippen LogP contribution in [0.5, 0.6) is 0 Å². The Labute approximate surface area is 126 Å². The van der Waals surface area contributed by atoms with Crippen LogP contribution in [0, 0.1) is 0 Å². The van der Waals surface area contributed by atoms with E-state index >= 15 is 0 Å². The quantitative estimate of drug-likeness (QED) is 0.939. The Kier molecular flexibility index (Phi) is 6.46. The maximum absolute atomic E-state index is 11.9. The van der Waals surface area contributed by atoms with Gasteiger partial charge in [0.05, 0.1) is 6.20 Å². The zero-order chi connectivity index (χ0) is 15.8. The number of oxazole rings is 1. The molecule has 1 aromatic carbocycles. The van der Waals surface area contributed by atoms with Crippen molar-refractivity contribution in [2.75, 3.05) is 26.5 Å². The molecule has 114 valence electrons. The van der Waals surface area contributed by atoms with Crippen molar-refractivity contribution in [3.63, 3.8) is 0 Å². The second kappa shape index (κ2) is 8.09. The molecule has 2 aromatic rings. The van der Waals surface area contributed by atoms with E-state index in [9.17, 15) is 4.79 Å². The Morgan fingerprint density at radius 3 is 2.52 bits per heavy atom. The lowest BCUT2D eigenvalue weighted by Crippen LogP contribution is -2.21. The number of rotatable bonds is 3. The third-order valence-corrected chi connectivity index (χ3v) is 2.52. The highest BCUT2D eigenvalue weighted by atomic mass is 16.4. The van der Waals surface area contributed by atoms with Crippen LogP contribution in [-0.2, 0) is 0 Å². The van der Waals surface area contributed by atoms with Gasteiger partial charge in [-0.05, 0) is 12.1 Å². The summed E-state index contributed by atoms with van der Waals surface area (Å²) in [6.07, 6.45) is 2.88. The number of amides is 1. The summed E-state index contributed by atoms with van der Waals surface area (Å²) in [6, 6.07) is 7.73. The lowest BCUT2D eigenvalue weighted by molar-refractivity contribution is 0.0827.